The third kappa shape index (κ3) is 4.37. The fourth-order valence-corrected chi connectivity index (χ4v) is 2.79. The van der Waals surface area contributed by atoms with Crippen molar-refractivity contribution in [3.63, 3.8) is 0 Å². The minimum Gasteiger partial charge on any atom is -0.463 e. The van der Waals surface area contributed by atoms with Gasteiger partial charge in [-0.05, 0) is 50.1 Å². The molecule has 0 spiro atoms. The molecule has 2 aromatic rings. The first-order chi connectivity index (χ1) is 13.0. The van der Waals surface area contributed by atoms with E-state index in [1.54, 1.807) is 6.92 Å². The lowest BCUT2D eigenvalue weighted by molar-refractivity contribution is -0.140. The first-order valence-electron chi connectivity index (χ1n) is 8.18. The summed E-state index contributed by atoms with van der Waals surface area (Å²) in [6.45, 7) is 4.42. The molecule has 0 aliphatic rings. The Morgan fingerprint density at radius 2 is 1.71 bits per heavy atom. The summed E-state index contributed by atoms with van der Waals surface area (Å²) < 4.78 is 88.1. The zero-order chi connectivity index (χ0) is 21.2. The maximum atomic E-state index is 14.9. The van der Waals surface area contributed by atoms with E-state index in [1.165, 1.54) is 19.9 Å². The maximum Gasteiger partial charge on any atom is 0.419 e. The van der Waals surface area contributed by atoms with E-state index in [2.05, 4.69) is 4.74 Å². The normalized spacial score (nSPS) is 11.9. The molecule has 0 unspecified atom stereocenters. The van der Waals surface area contributed by atoms with Gasteiger partial charge < -0.3 is 4.74 Å². The Hall–Kier alpha value is -2.77. The van der Waals surface area contributed by atoms with Crippen LogP contribution in [0.5, 0.6) is 0 Å². The smallest absolute Gasteiger partial charge is 0.419 e. The van der Waals surface area contributed by atoms with E-state index in [9.17, 15) is 31.1 Å². The average molecular weight is 402 g/mol. The SMILES string of the molecule is CCOC(=O)/C=C\c1c(F)c(-c2c(C)cc(C)cc2F)cc(C(F)(F)F)c1F. The highest BCUT2D eigenvalue weighted by Gasteiger charge is 2.37. The van der Waals surface area contributed by atoms with Crippen LogP contribution in [0.1, 0.15) is 29.2 Å². The molecule has 2 aromatic carbocycles. The topological polar surface area (TPSA) is 26.3 Å². The summed E-state index contributed by atoms with van der Waals surface area (Å²) in [5, 5.41) is 0. The number of halogens is 6. The van der Waals surface area contributed by atoms with E-state index in [4.69, 9.17) is 0 Å². The van der Waals surface area contributed by atoms with Gasteiger partial charge in [-0.25, -0.2) is 18.0 Å². The quantitative estimate of drug-likeness (QED) is 0.357. The molecule has 0 atom stereocenters. The number of ether oxygens (including phenoxy) is 1. The van der Waals surface area contributed by atoms with Gasteiger partial charge in [-0.15, -0.1) is 0 Å². The van der Waals surface area contributed by atoms with E-state index in [-0.39, 0.29) is 18.2 Å². The number of esters is 1. The Morgan fingerprint density at radius 1 is 1.07 bits per heavy atom. The van der Waals surface area contributed by atoms with Crippen molar-refractivity contribution in [3.05, 3.63) is 64.0 Å². The van der Waals surface area contributed by atoms with Crippen molar-refractivity contribution in [2.45, 2.75) is 26.9 Å². The maximum absolute atomic E-state index is 14.9. The van der Waals surface area contributed by atoms with E-state index in [0.29, 0.717) is 17.7 Å². The van der Waals surface area contributed by atoms with E-state index >= 15 is 0 Å². The molecule has 0 aliphatic heterocycles. The molecule has 150 valence electrons. The van der Waals surface area contributed by atoms with Gasteiger partial charge in [-0.1, -0.05) is 6.07 Å². The highest BCUT2D eigenvalue weighted by molar-refractivity contribution is 5.87. The van der Waals surface area contributed by atoms with Gasteiger partial charge in [0, 0.05) is 22.8 Å². The first kappa shape index (κ1) is 21.5. The Balaban J connectivity index is 2.81. The summed E-state index contributed by atoms with van der Waals surface area (Å²) in [5.74, 6) is -5.26. The third-order valence-corrected chi connectivity index (χ3v) is 3.91. The summed E-state index contributed by atoms with van der Waals surface area (Å²) in [7, 11) is 0. The summed E-state index contributed by atoms with van der Waals surface area (Å²) in [4.78, 5) is 11.4. The molecule has 0 N–H and O–H groups in total. The molecule has 0 saturated heterocycles. The lowest BCUT2D eigenvalue weighted by atomic mass is 9.93. The zero-order valence-electron chi connectivity index (χ0n) is 15.2. The summed E-state index contributed by atoms with van der Waals surface area (Å²) in [6.07, 6.45) is -4.01. The van der Waals surface area contributed by atoms with Gasteiger partial charge in [-0.2, -0.15) is 13.2 Å². The van der Waals surface area contributed by atoms with E-state index in [0.717, 1.165) is 6.07 Å². The molecule has 0 aliphatic carbocycles. The van der Waals surface area contributed by atoms with Crippen LogP contribution in [0.25, 0.3) is 17.2 Å². The molecule has 0 fully saturated rings. The number of aryl methyl sites for hydroxylation is 2. The van der Waals surface area contributed by atoms with Crippen LogP contribution in [0.2, 0.25) is 0 Å². The molecular weight excluding hydrogens is 386 g/mol. The molecule has 2 rings (SSSR count). The molecule has 0 aromatic heterocycles. The number of carbonyl (C=O) groups excluding carboxylic acids is 1. The molecule has 0 bridgehead atoms. The Kier molecular flexibility index (Phi) is 6.21. The van der Waals surface area contributed by atoms with Crippen molar-refractivity contribution in [3.8, 4) is 11.1 Å². The van der Waals surface area contributed by atoms with Crippen molar-refractivity contribution in [2.75, 3.05) is 6.61 Å². The summed E-state index contributed by atoms with van der Waals surface area (Å²) >= 11 is 0. The van der Waals surface area contributed by atoms with Crippen LogP contribution in [0, 0.1) is 31.3 Å². The van der Waals surface area contributed by atoms with Crippen LogP contribution in [0.3, 0.4) is 0 Å². The Bertz CT molecular complexity index is 922. The van der Waals surface area contributed by atoms with Crippen LogP contribution >= 0.6 is 0 Å². The number of hydrogen-bond acceptors (Lipinski definition) is 2. The fourth-order valence-electron chi connectivity index (χ4n) is 2.79. The van der Waals surface area contributed by atoms with Crippen LogP contribution in [0.4, 0.5) is 26.3 Å². The Morgan fingerprint density at radius 3 is 2.25 bits per heavy atom. The second-order valence-electron chi connectivity index (χ2n) is 6.04. The van der Waals surface area contributed by atoms with Crippen LogP contribution < -0.4 is 0 Å². The van der Waals surface area contributed by atoms with Crippen LogP contribution in [-0.2, 0) is 15.7 Å². The lowest BCUT2D eigenvalue weighted by Gasteiger charge is -2.16. The minimum absolute atomic E-state index is 0.0320. The van der Waals surface area contributed by atoms with Crippen molar-refractivity contribution < 1.29 is 35.9 Å². The van der Waals surface area contributed by atoms with E-state index < -0.39 is 51.9 Å². The largest absolute Gasteiger partial charge is 0.463 e. The summed E-state index contributed by atoms with van der Waals surface area (Å²) in [6, 6.07) is 2.72. The second kappa shape index (κ2) is 8.08. The minimum atomic E-state index is -5.16. The monoisotopic (exact) mass is 402 g/mol. The van der Waals surface area contributed by atoms with Gasteiger partial charge in [0.1, 0.15) is 17.5 Å². The number of benzene rings is 2. The molecule has 8 heteroatoms. The molecule has 2 nitrogen and oxygen atoms in total. The predicted molar refractivity (Wildman–Crippen MR) is 91.9 cm³/mol. The Labute approximate surface area is 157 Å². The second-order valence-corrected chi connectivity index (χ2v) is 6.04. The number of alkyl halides is 3. The molecule has 0 radical (unpaired) electrons. The zero-order valence-corrected chi connectivity index (χ0v) is 15.2. The van der Waals surface area contributed by atoms with Crippen molar-refractivity contribution >= 4 is 12.0 Å². The highest BCUT2D eigenvalue weighted by Crippen LogP contribution is 2.40. The summed E-state index contributed by atoms with van der Waals surface area (Å²) in [5.41, 5.74) is -3.40. The molecule has 0 amide bonds. The lowest BCUT2D eigenvalue weighted by Crippen LogP contribution is -2.12. The van der Waals surface area contributed by atoms with Gasteiger partial charge in [0.25, 0.3) is 0 Å². The standard InChI is InChI=1S/C20H16F6O2/c1-4-28-16(27)6-5-12-18(22)13(9-14(19(12)23)20(24,25)26)17-11(3)7-10(2)8-15(17)21/h5-9H,4H2,1-3H3/b6-5-. The predicted octanol–water partition coefficient (Wildman–Crippen LogP) is 5.98. The third-order valence-electron chi connectivity index (χ3n) is 3.91. The number of carbonyl (C=O) groups is 1. The van der Waals surface area contributed by atoms with Crippen LogP contribution in [-0.4, -0.2) is 12.6 Å². The number of hydrogen-bond donors (Lipinski definition) is 0. The van der Waals surface area contributed by atoms with Gasteiger partial charge in [0.05, 0.1) is 12.2 Å². The van der Waals surface area contributed by atoms with E-state index in [1.807, 2.05) is 0 Å². The van der Waals surface area contributed by atoms with Crippen molar-refractivity contribution in [1.29, 1.82) is 0 Å². The highest BCUT2D eigenvalue weighted by atomic mass is 19.4. The fraction of sp³-hybridized carbons (Fsp3) is 0.250. The molecule has 0 heterocycles. The van der Waals surface area contributed by atoms with Gasteiger partial charge in [-0.3, -0.25) is 0 Å². The van der Waals surface area contributed by atoms with Gasteiger partial charge in [0.15, 0.2) is 0 Å². The first-order valence-corrected chi connectivity index (χ1v) is 8.18. The van der Waals surface area contributed by atoms with Crippen LogP contribution in [0.15, 0.2) is 24.3 Å². The molecule has 28 heavy (non-hydrogen) atoms. The molecule has 0 saturated carbocycles. The van der Waals surface area contributed by atoms with Crippen molar-refractivity contribution in [2.24, 2.45) is 0 Å². The number of rotatable bonds is 4. The molecular formula is C20H16F6O2. The van der Waals surface area contributed by atoms with Crippen molar-refractivity contribution in [1.82, 2.24) is 0 Å². The van der Waals surface area contributed by atoms with Gasteiger partial charge >= 0.3 is 12.1 Å². The average Bonchev–Trinajstić information content (AvgIpc) is 2.54. The van der Waals surface area contributed by atoms with Gasteiger partial charge in [0.2, 0.25) is 0 Å².